The standard InChI is InChI=1S/C20H19F2N5O2/c1-2-3-4-13-5-8-15(9-6-13)25-19-18(27(28)29)20(24-12-23-19)26-17-11-14(21)7-10-16(17)22/h5-12H,2-4H2,1H3,(H2,23,24,25,26). The number of aromatic nitrogens is 2. The minimum Gasteiger partial charge on any atom is -0.334 e. The number of hydrogen-bond acceptors (Lipinski definition) is 6. The summed E-state index contributed by atoms with van der Waals surface area (Å²) in [5, 5.41) is 17.0. The summed E-state index contributed by atoms with van der Waals surface area (Å²) in [4.78, 5) is 18.7. The first-order chi connectivity index (χ1) is 14.0. The summed E-state index contributed by atoms with van der Waals surface area (Å²) < 4.78 is 27.3. The van der Waals surface area contributed by atoms with E-state index < -0.39 is 22.2 Å². The van der Waals surface area contributed by atoms with Crippen molar-refractivity contribution < 1.29 is 13.7 Å². The first kappa shape index (κ1) is 20.1. The molecule has 0 spiro atoms. The summed E-state index contributed by atoms with van der Waals surface area (Å²) in [6.07, 6.45) is 4.23. The van der Waals surface area contributed by atoms with Gasteiger partial charge < -0.3 is 10.6 Å². The Kier molecular flexibility index (Phi) is 6.28. The highest BCUT2D eigenvalue weighted by molar-refractivity contribution is 5.76. The molecule has 1 aromatic heterocycles. The van der Waals surface area contributed by atoms with Crippen LogP contribution >= 0.6 is 0 Å². The molecule has 0 saturated heterocycles. The Bertz CT molecular complexity index is 1010. The van der Waals surface area contributed by atoms with Gasteiger partial charge in [0.15, 0.2) is 0 Å². The van der Waals surface area contributed by atoms with Gasteiger partial charge in [0.25, 0.3) is 0 Å². The summed E-state index contributed by atoms with van der Waals surface area (Å²) in [6, 6.07) is 10.2. The Balaban J connectivity index is 1.89. The third-order valence-corrected chi connectivity index (χ3v) is 4.22. The van der Waals surface area contributed by atoms with Crippen molar-refractivity contribution in [3.8, 4) is 0 Å². The van der Waals surface area contributed by atoms with E-state index in [0.717, 1.165) is 43.8 Å². The van der Waals surface area contributed by atoms with Gasteiger partial charge in [-0.25, -0.2) is 18.7 Å². The lowest BCUT2D eigenvalue weighted by atomic mass is 10.1. The summed E-state index contributed by atoms with van der Waals surface area (Å²) in [5.74, 6) is -1.77. The summed E-state index contributed by atoms with van der Waals surface area (Å²) in [7, 11) is 0. The molecule has 0 aliphatic carbocycles. The van der Waals surface area contributed by atoms with E-state index in [1.54, 1.807) is 12.1 Å². The molecule has 0 aliphatic rings. The first-order valence-corrected chi connectivity index (χ1v) is 9.05. The van der Waals surface area contributed by atoms with Gasteiger partial charge >= 0.3 is 5.69 Å². The van der Waals surface area contributed by atoms with Crippen molar-refractivity contribution in [3.63, 3.8) is 0 Å². The van der Waals surface area contributed by atoms with Crippen LogP contribution in [0.25, 0.3) is 0 Å². The SMILES string of the molecule is CCCCc1ccc(Nc2ncnc(Nc3cc(F)ccc3F)c2[N+](=O)[O-])cc1. The smallest absolute Gasteiger partial charge is 0.334 e. The van der Waals surface area contributed by atoms with E-state index in [2.05, 4.69) is 27.5 Å². The molecular weight excluding hydrogens is 380 g/mol. The molecule has 0 radical (unpaired) electrons. The number of nitrogens with one attached hydrogen (secondary N) is 2. The quantitative estimate of drug-likeness (QED) is 0.384. The molecular formula is C20H19F2N5O2. The van der Waals surface area contributed by atoms with Crippen molar-refractivity contribution in [3.05, 3.63) is 76.1 Å². The third-order valence-electron chi connectivity index (χ3n) is 4.22. The van der Waals surface area contributed by atoms with Gasteiger partial charge in [-0.1, -0.05) is 25.5 Å². The van der Waals surface area contributed by atoms with E-state index in [9.17, 15) is 18.9 Å². The fraction of sp³-hybridized carbons (Fsp3) is 0.200. The predicted molar refractivity (Wildman–Crippen MR) is 107 cm³/mol. The molecule has 0 unspecified atom stereocenters. The molecule has 3 aromatic rings. The predicted octanol–water partition coefficient (Wildman–Crippen LogP) is 5.49. The second-order valence-corrected chi connectivity index (χ2v) is 6.35. The maximum Gasteiger partial charge on any atom is 0.353 e. The van der Waals surface area contributed by atoms with Crippen LogP contribution < -0.4 is 10.6 Å². The number of rotatable bonds is 8. The second kappa shape index (κ2) is 9.05. The number of unbranched alkanes of at least 4 members (excludes halogenated alkanes) is 1. The van der Waals surface area contributed by atoms with Gasteiger partial charge in [-0.05, 0) is 42.7 Å². The summed E-state index contributed by atoms with van der Waals surface area (Å²) in [6.45, 7) is 2.12. The van der Waals surface area contributed by atoms with Crippen LogP contribution in [0.3, 0.4) is 0 Å². The molecule has 0 bridgehead atoms. The van der Waals surface area contributed by atoms with Crippen molar-refractivity contribution in [2.24, 2.45) is 0 Å². The molecule has 0 amide bonds. The molecule has 7 nitrogen and oxygen atoms in total. The lowest BCUT2D eigenvalue weighted by Crippen LogP contribution is -2.06. The zero-order valence-corrected chi connectivity index (χ0v) is 15.7. The second-order valence-electron chi connectivity index (χ2n) is 6.35. The van der Waals surface area contributed by atoms with Crippen molar-refractivity contribution >= 4 is 28.7 Å². The highest BCUT2D eigenvalue weighted by Crippen LogP contribution is 2.33. The Morgan fingerprint density at radius 2 is 1.72 bits per heavy atom. The minimum atomic E-state index is -0.767. The minimum absolute atomic E-state index is 0.0642. The molecule has 0 saturated carbocycles. The van der Waals surface area contributed by atoms with E-state index in [4.69, 9.17) is 0 Å². The number of hydrogen-bond donors (Lipinski definition) is 2. The molecule has 150 valence electrons. The number of nitrogens with zero attached hydrogens (tertiary/aromatic N) is 3. The van der Waals surface area contributed by atoms with Crippen LogP contribution in [0.5, 0.6) is 0 Å². The van der Waals surface area contributed by atoms with Crippen LogP contribution in [0.15, 0.2) is 48.8 Å². The number of anilines is 4. The Labute approximate surface area is 166 Å². The van der Waals surface area contributed by atoms with Crippen LogP contribution in [0, 0.1) is 21.7 Å². The number of benzene rings is 2. The molecule has 9 heteroatoms. The van der Waals surface area contributed by atoms with Gasteiger partial charge in [0, 0.05) is 11.8 Å². The zero-order chi connectivity index (χ0) is 20.8. The van der Waals surface area contributed by atoms with Crippen LogP contribution in [0.2, 0.25) is 0 Å². The molecule has 0 atom stereocenters. The maximum absolute atomic E-state index is 13.9. The summed E-state index contributed by atoms with van der Waals surface area (Å²) >= 11 is 0. The fourth-order valence-corrected chi connectivity index (χ4v) is 2.73. The summed E-state index contributed by atoms with van der Waals surface area (Å²) in [5.41, 5.74) is 1.03. The van der Waals surface area contributed by atoms with E-state index in [1.165, 1.54) is 5.56 Å². The molecule has 3 rings (SSSR count). The Morgan fingerprint density at radius 3 is 2.38 bits per heavy atom. The number of halogens is 2. The molecule has 29 heavy (non-hydrogen) atoms. The van der Waals surface area contributed by atoms with Crippen LogP contribution in [-0.4, -0.2) is 14.9 Å². The lowest BCUT2D eigenvalue weighted by molar-refractivity contribution is -0.383. The monoisotopic (exact) mass is 399 g/mol. The van der Waals surface area contributed by atoms with Gasteiger partial charge in [0.05, 0.1) is 10.6 Å². The average Bonchev–Trinajstić information content (AvgIpc) is 2.70. The van der Waals surface area contributed by atoms with Gasteiger partial charge in [-0.2, -0.15) is 0 Å². The Hall–Kier alpha value is -3.62. The molecule has 0 aliphatic heterocycles. The molecule has 1 heterocycles. The number of aryl methyl sites for hydroxylation is 1. The van der Waals surface area contributed by atoms with E-state index in [0.29, 0.717) is 5.69 Å². The van der Waals surface area contributed by atoms with Gasteiger partial charge in [0.1, 0.15) is 18.0 Å². The topological polar surface area (TPSA) is 93.0 Å². The third kappa shape index (κ3) is 5.01. The van der Waals surface area contributed by atoms with E-state index >= 15 is 0 Å². The highest BCUT2D eigenvalue weighted by atomic mass is 19.1. The fourth-order valence-electron chi connectivity index (χ4n) is 2.73. The Morgan fingerprint density at radius 1 is 1.03 bits per heavy atom. The van der Waals surface area contributed by atoms with Crippen molar-refractivity contribution in [2.45, 2.75) is 26.2 Å². The van der Waals surface area contributed by atoms with Crippen molar-refractivity contribution in [2.75, 3.05) is 10.6 Å². The molecule has 0 fully saturated rings. The van der Waals surface area contributed by atoms with Gasteiger partial charge in [0.2, 0.25) is 11.6 Å². The molecule has 2 aromatic carbocycles. The van der Waals surface area contributed by atoms with Crippen LogP contribution in [-0.2, 0) is 6.42 Å². The number of nitro groups is 1. The van der Waals surface area contributed by atoms with Crippen molar-refractivity contribution in [1.29, 1.82) is 0 Å². The van der Waals surface area contributed by atoms with Gasteiger partial charge in [-0.3, -0.25) is 10.1 Å². The van der Waals surface area contributed by atoms with Crippen LogP contribution in [0.1, 0.15) is 25.3 Å². The largest absolute Gasteiger partial charge is 0.353 e. The maximum atomic E-state index is 13.9. The van der Waals surface area contributed by atoms with Crippen LogP contribution in [0.4, 0.5) is 37.5 Å². The zero-order valence-electron chi connectivity index (χ0n) is 15.7. The molecule has 2 N–H and O–H groups in total. The van der Waals surface area contributed by atoms with Gasteiger partial charge in [-0.15, -0.1) is 0 Å². The first-order valence-electron chi connectivity index (χ1n) is 9.05. The average molecular weight is 399 g/mol. The normalized spacial score (nSPS) is 10.6. The lowest BCUT2D eigenvalue weighted by Gasteiger charge is -2.11. The highest BCUT2D eigenvalue weighted by Gasteiger charge is 2.24. The van der Waals surface area contributed by atoms with Crippen molar-refractivity contribution in [1.82, 2.24) is 9.97 Å². The van der Waals surface area contributed by atoms with E-state index in [-0.39, 0.29) is 17.3 Å². The van der Waals surface area contributed by atoms with E-state index in [1.807, 2.05) is 12.1 Å².